The summed E-state index contributed by atoms with van der Waals surface area (Å²) in [7, 11) is 0.521. The van der Waals surface area contributed by atoms with Crippen molar-refractivity contribution in [2.24, 2.45) is 0 Å². The minimum Gasteiger partial charge on any atom is -0.496 e. The van der Waals surface area contributed by atoms with Crippen molar-refractivity contribution in [3.63, 3.8) is 0 Å². The fourth-order valence-electron chi connectivity index (χ4n) is 2.17. The molecule has 0 aliphatic rings. The minimum absolute atomic E-state index is 0.440. The number of rotatable bonds is 4. The number of aryl methyl sites for hydroxylation is 2. The van der Waals surface area contributed by atoms with E-state index in [1.807, 2.05) is 44.2 Å². The normalized spacial score (nSPS) is 12.2. The van der Waals surface area contributed by atoms with Crippen LogP contribution in [-0.2, 0) is 16.6 Å². The van der Waals surface area contributed by atoms with Crippen LogP contribution in [-0.4, -0.2) is 11.3 Å². The lowest BCUT2D eigenvalue weighted by atomic mass is 10.1. The summed E-state index contributed by atoms with van der Waals surface area (Å²) in [4.78, 5) is 0.822. The predicted octanol–water partition coefficient (Wildman–Crippen LogP) is 3.20. The molecule has 0 aliphatic heterocycles. The van der Waals surface area contributed by atoms with E-state index < -0.39 is 10.8 Å². The number of benzene rings is 2. The maximum Gasteiger partial charge on any atom is 0.123 e. The van der Waals surface area contributed by atoms with Crippen LogP contribution in [0.2, 0.25) is 0 Å². The number of nitrogen functional groups attached to an aromatic ring is 1. The molecule has 0 saturated carbocycles. The Labute approximate surface area is 122 Å². The van der Waals surface area contributed by atoms with Gasteiger partial charge in [-0.15, -0.1) is 0 Å². The van der Waals surface area contributed by atoms with E-state index in [1.54, 1.807) is 13.2 Å². The number of anilines is 1. The monoisotopic (exact) mass is 289 g/mol. The van der Waals surface area contributed by atoms with E-state index in [2.05, 4.69) is 0 Å². The zero-order valence-electron chi connectivity index (χ0n) is 12.0. The SMILES string of the molecule is COc1ccc(C)cc1CS(=O)c1ccc(N)cc1C. The van der Waals surface area contributed by atoms with Gasteiger partial charge < -0.3 is 10.5 Å². The van der Waals surface area contributed by atoms with E-state index in [4.69, 9.17) is 10.5 Å². The van der Waals surface area contributed by atoms with Gasteiger partial charge in [-0.3, -0.25) is 4.21 Å². The first-order chi connectivity index (χ1) is 9.51. The van der Waals surface area contributed by atoms with E-state index in [0.717, 1.165) is 27.3 Å². The quantitative estimate of drug-likeness (QED) is 0.879. The van der Waals surface area contributed by atoms with E-state index in [1.165, 1.54) is 0 Å². The van der Waals surface area contributed by atoms with Crippen molar-refractivity contribution in [3.8, 4) is 5.75 Å². The van der Waals surface area contributed by atoms with Crippen molar-refractivity contribution < 1.29 is 8.95 Å². The molecule has 4 heteroatoms. The first-order valence-corrected chi connectivity index (χ1v) is 7.71. The van der Waals surface area contributed by atoms with Crippen LogP contribution in [0.3, 0.4) is 0 Å². The van der Waals surface area contributed by atoms with Crippen LogP contribution in [0.4, 0.5) is 5.69 Å². The number of ether oxygens (including phenoxy) is 1. The number of methoxy groups -OCH3 is 1. The Morgan fingerprint density at radius 3 is 2.55 bits per heavy atom. The molecular formula is C16H19NO2S. The molecule has 2 aromatic carbocycles. The van der Waals surface area contributed by atoms with Gasteiger partial charge in [-0.1, -0.05) is 17.7 Å². The Hall–Kier alpha value is -1.81. The molecular weight excluding hydrogens is 270 g/mol. The van der Waals surface area contributed by atoms with Crippen molar-refractivity contribution in [1.29, 1.82) is 0 Å². The maximum atomic E-state index is 12.5. The van der Waals surface area contributed by atoms with Crippen molar-refractivity contribution in [3.05, 3.63) is 53.1 Å². The molecule has 0 aromatic heterocycles. The number of nitrogens with two attached hydrogens (primary N) is 1. The van der Waals surface area contributed by atoms with Crippen LogP contribution in [0, 0.1) is 13.8 Å². The van der Waals surface area contributed by atoms with Gasteiger partial charge in [-0.25, -0.2) is 0 Å². The summed E-state index contributed by atoms with van der Waals surface area (Å²) in [5, 5.41) is 0. The lowest BCUT2D eigenvalue weighted by Crippen LogP contribution is -2.02. The predicted molar refractivity (Wildman–Crippen MR) is 83.4 cm³/mol. The van der Waals surface area contributed by atoms with Crippen LogP contribution in [0.15, 0.2) is 41.3 Å². The van der Waals surface area contributed by atoms with Gasteiger partial charge in [-0.05, 0) is 43.7 Å². The summed E-state index contributed by atoms with van der Waals surface area (Å²) < 4.78 is 17.9. The van der Waals surface area contributed by atoms with Crippen LogP contribution < -0.4 is 10.5 Å². The maximum absolute atomic E-state index is 12.5. The second kappa shape index (κ2) is 6.09. The van der Waals surface area contributed by atoms with E-state index in [0.29, 0.717) is 11.4 Å². The van der Waals surface area contributed by atoms with Crippen molar-refractivity contribution in [1.82, 2.24) is 0 Å². The topological polar surface area (TPSA) is 52.3 Å². The molecule has 1 unspecified atom stereocenters. The van der Waals surface area contributed by atoms with Crippen LogP contribution in [0.25, 0.3) is 0 Å². The second-order valence-corrected chi connectivity index (χ2v) is 6.25. The molecule has 0 aliphatic carbocycles. The summed E-state index contributed by atoms with van der Waals surface area (Å²) in [6.07, 6.45) is 0. The molecule has 20 heavy (non-hydrogen) atoms. The van der Waals surface area contributed by atoms with E-state index >= 15 is 0 Å². The number of hydrogen-bond donors (Lipinski definition) is 1. The van der Waals surface area contributed by atoms with Gasteiger partial charge in [-0.2, -0.15) is 0 Å². The molecule has 0 bridgehead atoms. The molecule has 0 fully saturated rings. The summed E-state index contributed by atoms with van der Waals surface area (Å²) in [5.74, 6) is 1.22. The van der Waals surface area contributed by atoms with Crippen molar-refractivity contribution in [2.45, 2.75) is 24.5 Å². The van der Waals surface area contributed by atoms with Crippen molar-refractivity contribution >= 4 is 16.5 Å². The van der Waals surface area contributed by atoms with Crippen molar-refractivity contribution in [2.75, 3.05) is 12.8 Å². The minimum atomic E-state index is -1.11. The molecule has 2 aromatic rings. The third kappa shape index (κ3) is 3.20. The summed E-state index contributed by atoms with van der Waals surface area (Å²) in [6, 6.07) is 11.4. The lowest BCUT2D eigenvalue weighted by molar-refractivity contribution is 0.411. The van der Waals surface area contributed by atoms with Gasteiger partial charge in [0, 0.05) is 16.1 Å². The highest BCUT2D eigenvalue weighted by molar-refractivity contribution is 7.84. The highest BCUT2D eigenvalue weighted by atomic mass is 32.2. The van der Waals surface area contributed by atoms with Gasteiger partial charge in [0.1, 0.15) is 5.75 Å². The second-order valence-electron chi connectivity index (χ2n) is 4.83. The lowest BCUT2D eigenvalue weighted by Gasteiger charge is -2.11. The van der Waals surface area contributed by atoms with Gasteiger partial charge in [0.05, 0.1) is 23.7 Å². The van der Waals surface area contributed by atoms with E-state index in [9.17, 15) is 4.21 Å². The fourth-order valence-corrected chi connectivity index (χ4v) is 3.47. The third-order valence-electron chi connectivity index (χ3n) is 3.17. The van der Waals surface area contributed by atoms with Gasteiger partial charge in [0.2, 0.25) is 0 Å². The largest absolute Gasteiger partial charge is 0.496 e. The Bertz CT molecular complexity index is 653. The van der Waals surface area contributed by atoms with Gasteiger partial charge in [0.15, 0.2) is 0 Å². The highest BCUT2D eigenvalue weighted by Crippen LogP contribution is 2.25. The average molecular weight is 289 g/mol. The standard InChI is InChI=1S/C16H19NO2S/c1-11-4-6-15(19-3)13(8-11)10-20(18)16-7-5-14(17)9-12(16)2/h4-9H,10,17H2,1-3H3. The van der Waals surface area contributed by atoms with Gasteiger partial charge >= 0.3 is 0 Å². The Morgan fingerprint density at radius 1 is 1.15 bits per heavy atom. The first kappa shape index (κ1) is 14.6. The average Bonchev–Trinajstić information content (AvgIpc) is 2.38. The molecule has 106 valence electrons. The smallest absolute Gasteiger partial charge is 0.123 e. The van der Waals surface area contributed by atoms with Gasteiger partial charge in [0.25, 0.3) is 0 Å². The molecule has 0 radical (unpaired) electrons. The Morgan fingerprint density at radius 2 is 1.90 bits per heavy atom. The molecule has 0 amide bonds. The van der Waals surface area contributed by atoms with Crippen LogP contribution in [0.1, 0.15) is 16.7 Å². The Balaban J connectivity index is 2.30. The molecule has 2 rings (SSSR count). The fraction of sp³-hybridized carbons (Fsp3) is 0.250. The first-order valence-electron chi connectivity index (χ1n) is 6.39. The van der Waals surface area contributed by atoms with E-state index in [-0.39, 0.29) is 0 Å². The van der Waals surface area contributed by atoms with Crippen LogP contribution >= 0.6 is 0 Å². The van der Waals surface area contributed by atoms with Crippen LogP contribution in [0.5, 0.6) is 5.75 Å². The third-order valence-corrected chi connectivity index (χ3v) is 4.69. The highest BCUT2D eigenvalue weighted by Gasteiger charge is 2.12. The summed E-state index contributed by atoms with van der Waals surface area (Å²) in [6.45, 7) is 3.94. The summed E-state index contributed by atoms with van der Waals surface area (Å²) >= 11 is 0. The molecule has 0 spiro atoms. The Kier molecular flexibility index (Phi) is 4.45. The zero-order chi connectivity index (χ0) is 14.7. The molecule has 0 heterocycles. The summed E-state index contributed by atoms with van der Waals surface area (Å²) in [5.41, 5.74) is 9.46. The molecule has 1 atom stereocenters. The molecule has 0 saturated heterocycles. The zero-order valence-corrected chi connectivity index (χ0v) is 12.8. The number of hydrogen-bond acceptors (Lipinski definition) is 3. The molecule has 3 nitrogen and oxygen atoms in total. The molecule has 2 N–H and O–H groups in total.